The minimum atomic E-state index is -0.412. The molecular formula is C14H28N2O. The van der Waals surface area contributed by atoms with Crippen molar-refractivity contribution in [3.8, 4) is 0 Å². The summed E-state index contributed by atoms with van der Waals surface area (Å²) in [6.07, 6.45) is 6.00. The number of hydrogen-bond donors (Lipinski definition) is 2. The van der Waals surface area contributed by atoms with Gasteiger partial charge < -0.3 is 11.1 Å². The molecule has 1 aliphatic carbocycles. The van der Waals surface area contributed by atoms with E-state index in [-0.39, 0.29) is 11.3 Å². The van der Waals surface area contributed by atoms with Crippen molar-refractivity contribution in [2.75, 3.05) is 0 Å². The van der Waals surface area contributed by atoms with Crippen LogP contribution in [0.2, 0.25) is 0 Å². The maximum absolute atomic E-state index is 12.0. The molecule has 0 aromatic carbocycles. The molecule has 0 heterocycles. The third kappa shape index (κ3) is 4.30. The molecule has 2 unspecified atom stereocenters. The van der Waals surface area contributed by atoms with E-state index >= 15 is 0 Å². The molecule has 3 nitrogen and oxygen atoms in total. The van der Waals surface area contributed by atoms with Crippen molar-refractivity contribution in [3.05, 3.63) is 0 Å². The zero-order valence-electron chi connectivity index (χ0n) is 11.8. The van der Waals surface area contributed by atoms with Crippen LogP contribution in [0, 0.1) is 11.3 Å². The van der Waals surface area contributed by atoms with Gasteiger partial charge in [-0.3, -0.25) is 4.79 Å². The Labute approximate surface area is 106 Å². The van der Waals surface area contributed by atoms with E-state index in [0.29, 0.717) is 6.04 Å². The summed E-state index contributed by atoms with van der Waals surface area (Å²) in [5.74, 6) is 0.791. The fourth-order valence-electron chi connectivity index (χ4n) is 2.48. The molecule has 0 bridgehead atoms. The van der Waals surface area contributed by atoms with Crippen molar-refractivity contribution >= 4 is 5.91 Å². The molecule has 17 heavy (non-hydrogen) atoms. The van der Waals surface area contributed by atoms with Crippen LogP contribution in [0.4, 0.5) is 0 Å². The summed E-state index contributed by atoms with van der Waals surface area (Å²) in [6.45, 7) is 8.25. The second kappa shape index (κ2) is 5.85. The van der Waals surface area contributed by atoms with Crippen LogP contribution in [0.25, 0.3) is 0 Å². The topological polar surface area (TPSA) is 55.1 Å². The van der Waals surface area contributed by atoms with Gasteiger partial charge in [-0.25, -0.2) is 0 Å². The van der Waals surface area contributed by atoms with E-state index < -0.39 is 6.04 Å². The quantitative estimate of drug-likeness (QED) is 0.796. The Bertz CT molecular complexity index is 257. The highest BCUT2D eigenvalue weighted by molar-refractivity contribution is 5.82. The fraction of sp³-hybridized carbons (Fsp3) is 0.929. The lowest BCUT2D eigenvalue weighted by Gasteiger charge is -2.32. The normalized spacial score (nSPS) is 27.6. The lowest BCUT2D eigenvalue weighted by molar-refractivity contribution is -0.125. The molecule has 0 aliphatic heterocycles. The average molecular weight is 240 g/mol. The first kappa shape index (κ1) is 14.5. The number of hydrogen-bond acceptors (Lipinski definition) is 2. The van der Waals surface area contributed by atoms with Crippen LogP contribution in [0.1, 0.15) is 59.8 Å². The molecule has 1 aliphatic rings. The molecule has 1 saturated carbocycles. The van der Waals surface area contributed by atoms with Crippen LogP contribution < -0.4 is 11.1 Å². The molecule has 100 valence electrons. The minimum Gasteiger partial charge on any atom is -0.352 e. The van der Waals surface area contributed by atoms with Crippen molar-refractivity contribution in [2.24, 2.45) is 17.1 Å². The molecule has 3 atom stereocenters. The maximum Gasteiger partial charge on any atom is 0.237 e. The monoisotopic (exact) mass is 240 g/mol. The van der Waals surface area contributed by atoms with Crippen molar-refractivity contribution in [2.45, 2.75) is 71.9 Å². The maximum atomic E-state index is 12.0. The van der Waals surface area contributed by atoms with Crippen molar-refractivity contribution < 1.29 is 4.79 Å². The number of nitrogens with one attached hydrogen (secondary N) is 1. The predicted octanol–water partition coefficient (Wildman–Crippen LogP) is 2.44. The molecule has 0 spiro atoms. The SMILES string of the molecule is CCC1CCCC(NC(=O)[C@@H](N)C(C)(C)C)C1. The van der Waals surface area contributed by atoms with Crippen molar-refractivity contribution in [1.29, 1.82) is 0 Å². The lowest BCUT2D eigenvalue weighted by atomic mass is 9.83. The number of amides is 1. The van der Waals surface area contributed by atoms with E-state index in [9.17, 15) is 4.79 Å². The van der Waals surface area contributed by atoms with Gasteiger partial charge in [-0.15, -0.1) is 0 Å². The summed E-state index contributed by atoms with van der Waals surface area (Å²) in [4.78, 5) is 12.0. The third-order valence-corrected chi connectivity index (χ3v) is 3.92. The Hall–Kier alpha value is -0.570. The van der Waals surface area contributed by atoms with Gasteiger partial charge in [0.1, 0.15) is 0 Å². The smallest absolute Gasteiger partial charge is 0.237 e. The van der Waals surface area contributed by atoms with Gasteiger partial charge >= 0.3 is 0 Å². The van der Waals surface area contributed by atoms with E-state index in [1.807, 2.05) is 20.8 Å². The van der Waals surface area contributed by atoms with E-state index in [0.717, 1.165) is 18.8 Å². The van der Waals surface area contributed by atoms with Crippen LogP contribution in [0.15, 0.2) is 0 Å². The van der Waals surface area contributed by atoms with Crippen LogP contribution in [-0.2, 0) is 4.79 Å². The van der Waals surface area contributed by atoms with Gasteiger partial charge in [-0.2, -0.15) is 0 Å². The van der Waals surface area contributed by atoms with Crippen LogP contribution in [0.5, 0.6) is 0 Å². The molecule has 1 fully saturated rings. The van der Waals surface area contributed by atoms with Crippen LogP contribution in [-0.4, -0.2) is 18.0 Å². The molecular weight excluding hydrogens is 212 g/mol. The molecule has 0 aromatic heterocycles. The minimum absolute atomic E-state index is 0.0132. The Kier molecular flexibility index (Phi) is 4.99. The molecule has 0 radical (unpaired) electrons. The Morgan fingerprint density at radius 2 is 2.06 bits per heavy atom. The van der Waals surface area contributed by atoms with Gasteiger partial charge in [0, 0.05) is 6.04 Å². The number of rotatable bonds is 3. The van der Waals surface area contributed by atoms with Gasteiger partial charge in [-0.1, -0.05) is 47.0 Å². The van der Waals surface area contributed by atoms with Gasteiger partial charge in [0.2, 0.25) is 5.91 Å². The molecule has 0 saturated heterocycles. The summed E-state index contributed by atoms with van der Waals surface area (Å²) in [6, 6.07) is -0.0703. The molecule has 3 heteroatoms. The first-order valence-electron chi connectivity index (χ1n) is 6.90. The van der Waals surface area contributed by atoms with E-state index in [2.05, 4.69) is 12.2 Å². The second-order valence-corrected chi connectivity index (χ2v) is 6.49. The number of carbonyl (C=O) groups is 1. The fourth-order valence-corrected chi connectivity index (χ4v) is 2.48. The average Bonchev–Trinajstić information content (AvgIpc) is 2.27. The highest BCUT2D eigenvalue weighted by Gasteiger charge is 2.30. The van der Waals surface area contributed by atoms with Gasteiger partial charge in [0.15, 0.2) is 0 Å². The molecule has 1 rings (SSSR count). The van der Waals surface area contributed by atoms with Crippen LogP contribution in [0.3, 0.4) is 0 Å². The zero-order valence-corrected chi connectivity index (χ0v) is 11.8. The third-order valence-electron chi connectivity index (χ3n) is 3.92. The molecule has 1 amide bonds. The van der Waals surface area contributed by atoms with Gasteiger partial charge in [0.25, 0.3) is 0 Å². The zero-order chi connectivity index (χ0) is 13.1. The highest BCUT2D eigenvalue weighted by atomic mass is 16.2. The van der Waals surface area contributed by atoms with Crippen molar-refractivity contribution in [3.63, 3.8) is 0 Å². The Morgan fingerprint density at radius 3 is 2.59 bits per heavy atom. The molecule has 0 aromatic rings. The summed E-state index contributed by atoms with van der Waals surface area (Å²) in [7, 11) is 0. The van der Waals surface area contributed by atoms with Crippen molar-refractivity contribution in [1.82, 2.24) is 5.32 Å². The Morgan fingerprint density at radius 1 is 1.41 bits per heavy atom. The summed E-state index contributed by atoms with van der Waals surface area (Å²) in [5, 5.41) is 3.13. The van der Waals surface area contributed by atoms with E-state index in [4.69, 9.17) is 5.73 Å². The lowest BCUT2D eigenvalue weighted by Crippen LogP contribution is -2.52. The predicted molar refractivity (Wildman–Crippen MR) is 71.6 cm³/mol. The standard InChI is InChI=1S/C14H28N2O/c1-5-10-7-6-8-11(9-10)16-13(17)12(15)14(2,3)4/h10-12H,5-9,15H2,1-4H3,(H,16,17)/t10?,11?,12-/m1/s1. The highest BCUT2D eigenvalue weighted by Crippen LogP contribution is 2.27. The summed E-state index contributed by atoms with van der Waals surface area (Å²) >= 11 is 0. The Balaban J connectivity index is 2.46. The summed E-state index contributed by atoms with van der Waals surface area (Å²) in [5.41, 5.74) is 5.80. The van der Waals surface area contributed by atoms with Gasteiger partial charge in [0.05, 0.1) is 6.04 Å². The second-order valence-electron chi connectivity index (χ2n) is 6.49. The number of carbonyl (C=O) groups excluding carboxylic acids is 1. The molecule has 3 N–H and O–H groups in total. The summed E-state index contributed by atoms with van der Waals surface area (Å²) < 4.78 is 0. The van der Waals surface area contributed by atoms with Crippen LogP contribution >= 0.6 is 0 Å². The van der Waals surface area contributed by atoms with E-state index in [1.54, 1.807) is 0 Å². The first-order valence-corrected chi connectivity index (χ1v) is 6.90. The largest absolute Gasteiger partial charge is 0.352 e. The van der Waals surface area contributed by atoms with E-state index in [1.165, 1.54) is 19.3 Å². The van der Waals surface area contributed by atoms with Gasteiger partial charge in [-0.05, 0) is 24.2 Å². The number of nitrogens with two attached hydrogens (primary N) is 1. The first-order chi connectivity index (χ1) is 7.84.